The number of anilines is 2. The summed E-state index contributed by atoms with van der Waals surface area (Å²) in [6.07, 6.45) is 5.14. The first kappa shape index (κ1) is 35.3. The molecule has 0 aromatic heterocycles. The highest BCUT2D eigenvalue weighted by atomic mass is 16.5. The summed E-state index contributed by atoms with van der Waals surface area (Å²) in [5.74, 6) is 1.65. The summed E-state index contributed by atoms with van der Waals surface area (Å²) in [7, 11) is 7.19. The van der Waals surface area contributed by atoms with E-state index in [9.17, 15) is 9.59 Å². The number of hydrogen-bond donors (Lipinski definition) is 0. The molecule has 0 saturated carbocycles. The van der Waals surface area contributed by atoms with Gasteiger partial charge in [0, 0.05) is 55.3 Å². The Morgan fingerprint density at radius 3 is 1.50 bits per heavy atom. The number of aliphatic imine (C=N–C) groups is 2. The third kappa shape index (κ3) is 6.33. The van der Waals surface area contributed by atoms with Gasteiger partial charge in [-0.25, -0.2) is 0 Å². The molecule has 4 heterocycles. The number of methoxy groups -OCH3 is 2. The fraction of sp³-hybridized carbons (Fsp3) is 0.244. The highest BCUT2D eigenvalue weighted by molar-refractivity contribution is 6.15. The molecule has 4 aliphatic rings. The molecule has 0 bridgehead atoms. The number of carbonyl (C=O) groups is 2. The van der Waals surface area contributed by atoms with Crippen LogP contribution in [0, 0.1) is 0 Å². The molecule has 0 fully saturated rings. The van der Waals surface area contributed by atoms with E-state index >= 15 is 0 Å². The Kier molecular flexibility index (Phi) is 9.01. The van der Waals surface area contributed by atoms with Crippen molar-refractivity contribution in [1.82, 2.24) is 4.90 Å². The molecule has 0 saturated heterocycles. The zero-order valence-electron chi connectivity index (χ0n) is 31.7. The minimum atomic E-state index is -0.153. The second-order valence-corrected chi connectivity index (χ2v) is 14.7. The summed E-state index contributed by atoms with van der Waals surface area (Å²) in [5.41, 5.74) is 9.04. The van der Waals surface area contributed by atoms with Gasteiger partial charge in [0.1, 0.15) is 13.2 Å². The van der Waals surface area contributed by atoms with Gasteiger partial charge in [0.15, 0.2) is 23.0 Å². The molecule has 9 rings (SSSR count). The monoisotopic (exact) mass is 747 g/mol. The van der Waals surface area contributed by atoms with E-state index in [1.165, 1.54) is 0 Å². The van der Waals surface area contributed by atoms with Crippen LogP contribution < -0.4 is 28.7 Å². The Hall–Kier alpha value is -6.46. The summed E-state index contributed by atoms with van der Waals surface area (Å²) in [6.45, 7) is 1.19. The molecular weight excluding hydrogens is 707 g/mol. The van der Waals surface area contributed by atoms with E-state index in [0.717, 1.165) is 52.0 Å². The van der Waals surface area contributed by atoms with Crippen molar-refractivity contribution in [3.8, 4) is 23.0 Å². The molecule has 282 valence electrons. The van der Waals surface area contributed by atoms with Crippen LogP contribution in [0.1, 0.15) is 48.5 Å². The molecule has 11 nitrogen and oxygen atoms in total. The van der Waals surface area contributed by atoms with Crippen molar-refractivity contribution in [2.75, 3.05) is 38.1 Å². The number of benzene rings is 5. The second kappa shape index (κ2) is 14.3. The fourth-order valence-corrected chi connectivity index (χ4v) is 8.16. The summed E-state index contributed by atoms with van der Waals surface area (Å²) in [5, 5.41) is 0. The summed E-state index contributed by atoms with van der Waals surface area (Å²) in [4.78, 5) is 43.0. The van der Waals surface area contributed by atoms with E-state index in [4.69, 9.17) is 28.9 Å². The number of nitrogens with zero attached hydrogens (tertiary/aromatic N) is 5. The molecular formula is C45H41N5O6. The second-order valence-electron chi connectivity index (χ2n) is 14.7. The number of carbonyl (C=O) groups excluding carboxylic acids is 2. The molecule has 0 radical (unpaired) electrons. The van der Waals surface area contributed by atoms with E-state index in [1.807, 2.05) is 78.8 Å². The topological polar surface area (TPSA) is 106 Å². The zero-order chi connectivity index (χ0) is 38.5. The number of fused-ring (bicyclic) bond motifs is 8. The van der Waals surface area contributed by atoms with Gasteiger partial charge in [-0.1, -0.05) is 48.5 Å². The molecule has 0 N–H and O–H groups in total. The lowest BCUT2D eigenvalue weighted by Gasteiger charge is -2.22. The van der Waals surface area contributed by atoms with Gasteiger partial charge in [0.25, 0.3) is 11.8 Å². The van der Waals surface area contributed by atoms with E-state index in [2.05, 4.69) is 29.2 Å². The van der Waals surface area contributed by atoms with Crippen LogP contribution in [-0.4, -0.2) is 69.5 Å². The van der Waals surface area contributed by atoms with Crippen molar-refractivity contribution in [1.29, 1.82) is 0 Å². The first-order valence-electron chi connectivity index (χ1n) is 18.7. The Bertz CT molecular complexity index is 2300. The average Bonchev–Trinajstić information content (AvgIpc) is 3.69. The SMILES string of the molecule is COc1cc2c(cc1OCc1cc(COc3cc4c(cc3OC)C(=O)N3c5ccccc5CC3C=N4)cc(CN(C)C)c1)N=CC1Cc3ccccc3N1C2=O. The van der Waals surface area contributed by atoms with Crippen LogP contribution in [0.25, 0.3) is 0 Å². The van der Waals surface area contributed by atoms with E-state index in [1.54, 1.807) is 38.5 Å². The van der Waals surface area contributed by atoms with E-state index in [-0.39, 0.29) is 37.1 Å². The van der Waals surface area contributed by atoms with Crippen LogP contribution >= 0.6 is 0 Å². The number of para-hydroxylation sites is 2. The largest absolute Gasteiger partial charge is 0.493 e. The van der Waals surface area contributed by atoms with Crippen molar-refractivity contribution in [3.05, 3.63) is 130 Å². The summed E-state index contributed by atoms with van der Waals surface area (Å²) < 4.78 is 24.3. The van der Waals surface area contributed by atoms with Crippen LogP contribution in [0.3, 0.4) is 0 Å². The Labute approximate surface area is 325 Å². The van der Waals surface area contributed by atoms with Crippen molar-refractivity contribution in [2.24, 2.45) is 9.98 Å². The zero-order valence-corrected chi connectivity index (χ0v) is 31.7. The summed E-state index contributed by atoms with van der Waals surface area (Å²) in [6, 6.07) is 28.9. The molecule has 0 spiro atoms. The normalized spacial score (nSPS) is 17.4. The van der Waals surface area contributed by atoms with Gasteiger partial charge in [0.2, 0.25) is 0 Å². The average molecular weight is 748 g/mol. The molecule has 2 atom stereocenters. The number of amides is 2. The van der Waals surface area contributed by atoms with Crippen molar-refractivity contribution in [2.45, 2.75) is 44.7 Å². The standard InChI is InChI=1S/C45H41N5O6/c1-48(2)24-27-13-28(25-55-42-20-36-34(18-40(42)53-3)44(51)49-32(22-46-36)16-30-9-5-7-11-38(30)49)15-29(14-27)26-56-43-21-37-35(19-41(43)54-4)45(52)50-33(23-47-37)17-31-10-6-8-12-39(31)50/h5-15,18-23,32-33H,16-17,24-26H2,1-4H3. The maximum absolute atomic E-state index is 13.9. The lowest BCUT2D eigenvalue weighted by Crippen LogP contribution is -2.37. The Morgan fingerprint density at radius 2 is 1.05 bits per heavy atom. The van der Waals surface area contributed by atoms with E-state index in [0.29, 0.717) is 52.0 Å². The predicted octanol–water partition coefficient (Wildman–Crippen LogP) is 7.50. The van der Waals surface area contributed by atoms with Crippen molar-refractivity contribution >= 4 is 47.0 Å². The lowest BCUT2D eigenvalue weighted by atomic mass is 10.1. The van der Waals surface area contributed by atoms with Crippen LogP contribution in [0.4, 0.5) is 22.7 Å². The first-order valence-corrected chi connectivity index (χ1v) is 18.7. The number of rotatable bonds is 10. The fourth-order valence-electron chi connectivity index (χ4n) is 8.16. The number of hydrogen-bond acceptors (Lipinski definition) is 9. The molecule has 56 heavy (non-hydrogen) atoms. The van der Waals surface area contributed by atoms with Gasteiger partial charge < -0.3 is 23.8 Å². The Balaban J connectivity index is 0.955. The predicted molar refractivity (Wildman–Crippen MR) is 216 cm³/mol. The third-order valence-corrected chi connectivity index (χ3v) is 10.7. The first-order chi connectivity index (χ1) is 27.3. The van der Waals surface area contributed by atoms with Gasteiger partial charge in [0.05, 0.1) is 48.8 Å². The molecule has 4 aliphatic heterocycles. The number of ether oxygens (including phenoxy) is 4. The molecule has 11 heteroatoms. The maximum Gasteiger partial charge on any atom is 0.261 e. The summed E-state index contributed by atoms with van der Waals surface area (Å²) >= 11 is 0. The minimum absolute atomic E-state index is 0.117. The third-order valence-electron chi connectivity index (χ3n) is 10.7. The van der Waals surface area contributed by atoms with Crippen LogP contribution in [-0.2, 0) is 32.6 Å². The van der Waals surface area contributed by atoms with Crippen molar-refractivity contribution in [3.63, 3.8) is 0 Å². The van der Waals surface area contributed by atoms with Gasteiger partial charge in [-0.3, -0.25) is 29.4 Å². The van der Waals surface area contributed by atoms with Gasteiger partial charge in [-0.05, 0) is 72.2 Å². The van der Waals surface area contributed by atoms with Crippen LogP contribution in [0.15, 0.2) is 101 Å². The van der Waals surface area contributed by atoms with Crippen molar-refractivity contribution < 1.29 is 28.5 Å². The molecule has 5 aromatic rings. The van der Waals surface area contributed by atoms with Crippen LogP contribution in [0.5, 0.6) is 23.0 Å². The van der Waals surface area contributed by atoms with Crippen LogP contribution in [0.2, 0.25) is 0 Å². The quantitative estimate of drug-likeness (QED) is 0.146. The molecule has 0 aliphatic carbocycles. The van der Waals surface area contributed by atoms with Gasteiger partial charge in [-0.15, -0.1) is 0 Å². The Morgan fingerprint density at radius 1 is 0.607 bits per heavy atom. The molecule has 2 amide bonds. The highest BCUT2D eigenvalue weighted by Gasteiger charge is 2.38. The smallest absolute Gasteiger partial charge is 0.261 e. The van der Waals surface area contributed by atoms with E-state index < -0.39 is 0 Å². The van der Waals surface area contributed by atoms with Gasteiger partial charge >= 0.3 is 0 Å². The minimum Gasteiger partial charge on any atom is -0.493 e. The van der Waals surface area contributed by atoms with Gasteiger partial charge in [-0.2, -0.15) is 0 Å². The maximum atomic E-state index is 13.9. The molecule has 2 unspecified atom stereocenters. The highest BCUT2D eigenvalue weighted by Crippen LogP contribution is 2.43. The lowest BCUT2D eigenvalue weighted by molar-refractivity contribution is 0.0978. The molecule has 5 aromatic carbocycles.